The number of pyridine rings is 1. The highest BCUT2D eigenvalue weighted by atomic mass is 16.5. The van der Waals surface area contributed by atoms with Crippen molar-refractivity contribution in [2.24, 2.45) is 0 Å². The van der Waals surface area contributed by atoms with E-state index in [9.17, 15) is 4.79 Å². The summed E-state index contributed by atoms with van der Waals surface area (Å²) in [5, 5.41) is 0. The lowest BCUT2D eigenvalue weighted by molar-refractivity contribution is 0.111. The molecule has 0 atom stereocenters. The van der Waals surface area contributed by atoms with E-state index in [0.717, 1.165) is 17.4 Å². The molecule has 0 fully saturated rings. The van der Waals surface area contributed by atoms with Crippen LogP contribution in [0, 0.1) is 0 Å². The number of nitrogens with zero attached hydrogens (tertiary/aromatic N) is 1. The summed E-state index contributed by atoms with van der Waals surface area (Å²) in [6.45, 7) is 1.31. The number of aldehydes is 1. The van der Waals surface area contributed by atoms with Crippen LogP contribution in [-0.4, -0.2) is 24.5 Å². The summed E-state index contributed by atoms with van der Waals surface area (Å²) >= 11 is 0. The first-order chi connectivity index (χ1) is 6.40. The van der Waals surface area contributed by atoms with E-state index >= 15 is 0 Å². The summed E-state index contributed by atoms with van der Waals surface area (Å²) < 4.78 is 5.18. The van der Waals surface area contributed by atoms with Gasteiger partial charge >= 0.3 is 0 Å². The van der Waals surface area contributed by atoms with Crippen molar-refractivity contribution in [2.75, 3.05) is 13.2 Å². The number of carbonyl (C=O) groups excluding carboxylic acids is 1. The van der Waals surface area contributed by atoms with Gasteiger partial charge in [0.2, 0.25) is 0 Å². The first kappa shape index (κ1) is 8.13. The van der Waals surface area contributed by atoms with Gasteiger partial charge < -0.3 is 4.74 Å². The van der Waals surface area contributed by atoms with Gasteiger partial charge in [-0.15, -0.1) is 0 Å². The molecule has 0 spiro atoms. The van der Waals surface area contributed by atoms with E-state index in [-0.39, 0.29) is 0 Å². The van der Waals surface area contributed by atoms with Gasteiger partial charge in [-0.05, 0) is 17.2 Å². The fourth-order valence-electron chi connectivity index (χ4n) is 1.25. The fraction of sp³-hybridized carbons (Fsp3) is 0.200. The highest BCUT2D eigenvalue weighted by Crippen LogP contribution is 2.17. The van der Waals surface area contributed by atoms with Gasteiger partial charge in [-0.1, -0.05) is 12.1 Å². The summed E-state index contributed by atoms with van der Waals surface area (Å²) in [5.74, 6) is 0. The van der Waals surface area contributed by atoms with Crippen LogP contribution >= 0.6 is 0 Å². The standard InChI is InChI=1S/C10H9NO2/c12-6-10-2-1-8(5-11-10)9-3-4-13-7-9/h1-3,5-6H,4,7H2. The molecule has 0 aromatic carbocycles. The van der Waals surface area contributed by atoms with Gasteiger partial charge in [0.1, 0.15) is 5.69 Å². The SMILES string of the molecule is O=Cc1ccc(C2=CCOC2)cn1. The first-order valence-corrected chi connectivity index (χ1v) is 4.08. The second-order valence-corrected chi connectivity index (χ2v) is 2.83. The lowest BCUT2D eigenvalue weighted by Crippen LogP contribution is -1.91. The summed E-state index contributed by atoms with van der Waals surface area (Å²) in [6.07, 6.45) is 4.46. The van der Waals surface area contributed by atoms with Gasteiger partial charge in [-0.2, -0.15) is 0 Å². The normalized spacial score (nSPS) is 15.5. The molecule has 3 nitrogen and oxygen atoms in total. The highest BCUT2D eigenvalue weighted by Gasteiger charge is 2.07. The zero-order valence-corrected chi connectivity index (χ0v) is 7.06. The van der Waals surface area contributed by atoms with Crippen molar-refractivity contribution in [1.82, 2.24) is 4.98 Å². The van der Waals surface area contributed by atoms with Crippen molar-refractivity contribution in [3.63, 3.8) is 0 Å². The van der Waals surface area contributed by atoms with Crippen molar-refractivity contribution in [3.05, 3.63) is 35.7 Å². The van der Waals surface area contributed by atoms with Crippen LogP contribution < -0.4 is 0 Å². The Morgan fingerprint density at radius 1 is 1.46 bits per heavy atom. The predicted molar refractivity (Wildman–Crippen MR) is 48.4 cm³/mol. The summed E-state index contributed by atoms with van der Waals surface area (Å²) in [6, 6.07) is 3.60. The van der Waals surface area contributed by atoms with Crippen molar-refractivity contribution in [2.45, 2.75) is 0 Å². The third-order valence-corrected chi connectivity index (χ3v) is 1.98. The Kier molecular flexibility index (Phi) is 2.19. The summed E-state index contributed by atoms with van der Waals surface area (Å²) in [7, 11) is 0. The topological polar surface area (TPSA) is 39.2 Å². The quantitative estimate of drug-likeness (QED) is 0.636. The smallest absolute Gasteiger partial charge is 0.168 e. The van der Waals surface area contributed by atoms with Gasteiger partial charge in [-0.3, -0.25) is 9.78 Å². The summed E-state index contributed by atoms with van der Waals surface area (Å²) in [5.41, 5.74) is 2.64. The molecule has 1 aromatic heterocycles. The molecule has 1 aliphatic heterocycles. The minimum atomic E-state index is 0.461. The lowest BCUT2D eigenvalue weighted by atomic mass is 10.1. The largest absolute Gasteiger partial charge is 0.373 e. The zero-order chi connectivity index (χ0) is 9.10. The van der Waals surface area contributed by atoms with Crippen molar-refractivity contribution < 1.29 is 9.53 Å². The predicted octanol–water partition coefficient (Wildman–Crippen LogP) is 1.31. The van der Waals surface area contributed by atoms with E-state index in [0.29, 0.717) is 18.9 Å². The molecule has 0 aliphatic carbocycles. The van der Waals surface area contributed by atoms with E-state index in [1.54, 1.807) is 12.3 Å². The molecule has 0 saturated carbocycles. The highest BCUT2D eigenvalue weighted by molar-refractivity contribution is 5.73. The molecule has 0 bridgehead atoms. The van der Waals surface area contributed by atoms with Crippen LogP contribution in [0.15, 0.2) is 24.4 Å². The Labute approximate surface area is 76.1 Å². The molecule has 0 amide bonds. The minimum absolute atomic E-state index is 0.461. The van der Waals surface area contributed by atoms with Crippen molar-refractivity contribution in [3.8, 4) is 0 Å². The van der Waals surface area contributed by atoms with Crippen LogP contribution in [0.1, 0.15) is 16.1 Å². The molecule has 13 heavy (non-hydrogen) atoms. The van der Waals surface area contributed by atoms with Crippen LogP contribution in [-0.2, 0) is 4.74 Å². The summed E-state index contributed by atoms with van der Waals surface area (Å²) in [4.78, 5) is 14.3. The van der Waals surface area contributed by atoms with Crippen molar-refractivity contribution >= 4 is 11.9 Å². The third kappa shape index (κ3) is 1.65. The Balaban J connectivity index is 2.26. The number of hydrogen-bond acceptors (Lipinski definition) is 3. The molecular formula is C10H9NO2. The molecule has 66 valence electrons. The number of hydrogen-bond donors (Lipinski definition) is 0. The molecule has 0 N–H and O–H groups in total. The van der Waals surface area contributed by atoms with Crippen molar-refractivity contribution in [1.29, 1.82) is 0 Å². The molecule has 3 heteroatoms. The molecule has 1 aromatic rings. The molecule has 0 unspecified atom stereocenters. The molecule has 0 radical (unpaired) electrons. The van der Waals surface area contributed by atoms with Crippen LogP contribution in [0.25, 0.3) is 5.57 Å². The monoisotopic (exact) mass is 175 g/mol. The first-order valence-electron chi connectivity index (χ1n) is 4.08. The van der Waals surface area contributed by atoms with Gasteiger partial charge in [0.05, 0.1) is 13.2 Å². The van der Waals surface area contributed by atoms with E-state index < -0.39 is 0 Å². The van der Waals surface area contributed by atoms with E-state index in [2.05, 4.69) is 4.98 Å². The molecule has 2 heterocycles. The second-order valence-electron chi connectivity index (χ2n) is 2.83. The number of ether oxygens (including phenoxy) is 1. The number of aromatic nitrogens is 1. The van der Waals surface area contributed by atoms with E-state index in [4.69, 9.17) is 4.74 Å². The van der Waals surface area contributed by atoms with Crippen LogP contribution in [0.5, 0.6) is 0 Å². The lowest BCUT2D eigenvalue weighted by Gasteiger charge is -1.99. The Hall–Kier alpha value is -1.48. The Morgan fingerprint density at radius 2 is 2.38 bits per heavy atom. The average Bonchev–Trinajstić information content (AvgIpc) is 2.71. The Morgan fingerprint density at radius 3 is 2.92 bits per heavy atom. The fourth-order valence-corrected chi connectivity index (χ4v) is 1.25. The maximum Gasteiger partial charge on any atom is 0.168 e. The van der Waals surface area contributed by atoms with Gasteiger partial charge in [0, 0.05) is 6.20 Å². The van der Waals surface area contributed by atoms with Crippen LogP contribution in [0.3, 0.4) is 0 Å². The molecular weight excluding hydrogens is 166 g/mol. The molecule has 0 saturated heterocycles. The maximum absolute atomic E-state index is 10.3. The second kappa shape index (κ2) is 3.49. The van der Waals surface area contributed by atoms with Gasteiger partial charge in [0.25, 0.3) is 0 Å². The minimum Gasteiger partial charge on any atom is -0.373 e. The van der Waals surface area contributed by atoms with E-state index in [1.165, 1.54) is 0 Å². The van der Waals surface area contributed by atoms with Gasteiger partial charge in [-0.25, -0.2) is 0 Å². The van der Waals surface area contributed by atoms with E-state index in [1.807, 2.05) is 12.1 Å². The molecule has 1 aliphatic rings. The zero-order valence-electron chi connectivity index (χ0n) is 7.06. The molecule has 2 rings (SSSR count). The van der Waals surface area contributed by atoms with Crippen LogP contribution in [0.2, 0.25) is 0 Å². The number of carbonyl (C=O) groups is 1. The Bertz CT molecular complexity index is 340. The number of rotatable bonds is 2. The van der Waals surface area contributed by atoms with Crippen LogP contribution in [0.4, 0.5) is 0 Å². The average molecular weight is 175 g/mol. The third-order valence-electron chi connectivity index (χ3n) is 1.98. The van der Waals surface area contributed by atoms with Gasteiger partial charge in [0.15, 0.2) is 6.29 Å². The maximum atomic E-state index is 10.3.